The molecule has 11 heteroatoms. The van der Waals surface area contributed by atoms with Crippen LogP contribution in [-0.4, -0.2) is 57.5 Å². The van der Waals surface area contributed by atoms with Crippen LogP contribution in [0, 0.1) is 5.82 Å². The van der Waals surface area contributed by atoms with E-state index in [2.05, 4.69) is 17.1 Å². The number of carbonyl (C=O) groups is 1. The summed E-state index contributed by atoms with van der Waals surface area (Å²) in [5, 5.41) is 10.7. The molecule has 4 aromatic rings. The van der Waals surface area contributed by atoms with E-state index in [1.54, 1.807) is 12.1 Å². The van der Waals surface area contributed by atoms with Crippen molar-refractivity contribution < 1.29 is 13.9 Å². The van der Waals surface area contributed by atoms with E-state index in [4.69, 9.17) is 19.8 Å². The van der Waals surface area contributed by atoms with Gasteiger partial charge in [-0.2, -0.15) is 4.52 Å². The highest BCUT2D eigenvalue weighted by Crippen LogP contribution is 2.34. The van der Waals surface area contributed by atoms with Gasteiger partial charge >= 0.3 is 6.09 Å². The summed E-state index contributed by atoms with van der Waals surface area (Å²) in [6, 6.07) is 10.3. The Morgan fingerprint density at radius 1 is 1.21 bits per heavy atom. The van der Waals surface area contributed by atoms with Crippen molar-refractivity contribution in [1.82, 2.24) is 24.9 Å². The van der Waals surface area contributed by atoms with E-state index in [1.807, 2.05) is 54.7 Å². The molecular weight excluding hydrogens is 505 g/mol. The molecular formula is C27H32FN7O2S. The number of aryl methyl sites for hydroxylation is 1. The number of nitrogens with one attached hydrogen (secondary N) is 1. The Kier molecular flexibility index (Phi) is 6.95. The number of amides is 1. The van der Waals surface area contributed by atoms with Gasteiger partial charge in [0, 0.05) is 31.1 Å². The number of anilines is 3. The number of carbonyl (C=O) groups excluding carboxylic acids is 1. The lowest BCUT2D eigenvalue weighted by atomic mass is 10.2. The Bertz CT molecular complexity index is 1440. The minimum atomic E-state index is -0.535. The maximum Gasteiger partial charge on any atom is 0.407 e. The van der Waals surface area contributed by atoms with Gasteiger partial charge in [-0.3, -0.25) is 0 Å². The second kappa shape index (κ2) is 10.2. The molecule has 1 aromatic carbocycles. The van der Waals surface area contributed by atoms with Crippen LogP contribution in [-0.2, 0) is 11.2 Å². The Balaban J connectivity index is 1.38. The Hall–Kier alpha value is -3.73. The number of hydrogen-bond acceptors (Lipinski definition) is 8. The molecule has 1 amide bonds. The lowest BCUT2D eigenvalue weighted by Crippen LogP contribution is -2.40. The fourth-order valence-corrected chi connectivity index (χ4v) is 5.32. The van der Waals surface area contributed by atoms with Crippen molar-refractivity contribution in [2.24, 2.45) is 0 Å². The molecule has 0 aliphatic carbocycles. The van der Waals surface area contributed by atoms with Gasteiger partial charge in [-0.05, 0) is 70.0 Å². The second-order valence-corrected chi connectivity index (χ2v) is 11.2. The zero-order valence-electron chi connectivity index (χ0n) is 22.2. The van der Waals surface area contributed by atoms with Crippen molar-refractivity contribution in [3.05, 3.63) is 53.3 Å². The summed E-state index contributed by atoms with van der Waals surface area (Å²) >= 11 is 1.51. The minimum absolute atomic E-state index is 0.0151. The SMILES string of the molecule is CCc1nc2ccc(N3CCC(NC(=O)OC(C)(C)C)C3)nn2c1N(C)c1nc(-c2ccc(F)cc2)cs1. The molecule has 200 valence electrons. The third-order valence-corrected chi connectivity index (χ3v) is 7.23. The molecule has 4 heterocycles. The van der Waals surface area contributed by atoms with Crippen molar-refractivity contribution in [2.75, 3.05) is 29.9 Å². The number of fused-ring (bicyclic) bond motifs is 1. The van der Waals surface area contributed by atoms with Crippen molar-refractivity contribution in [1.29, 1.82) is 0 Å². The molecule has 0 saturated carbocycles. The molecule has 3 aromatic heterocycles. The highest BCUT2D eigenvalue weighted by molar-refractivity contribution is 7.14. The normalized spacial score (nSPS) is 15.7. The highest BCUT2D eigenvalue weighted by Gasteiger charge is 2.28. The topological polar surface area (TPSA) is 87.9 Å². The Morgan fingerprint density at radius 3 is 2.68 bits per heavy atom. The summed E-state index contributed by atoms with van der Waals surface area (Å²) < 4.78 is 20.6. The van der Waals surface area contributed by atoms with Gasteiger partial charge in [0.1, 0.15) is 17.2 Å². The lowest BCUT2D eigenvalue weighted by molar-refractivity contribution is 0.0509. The van der Waals surface area contributed by atoms with Gasteiger partial charge in [-0.1, -0.05) is 6.92 Å². The number of imidazole rings is 1. The van der Waals surface area contributed by atoms with Crippen molar-refractivity contribution >= 4 is 39.8 Å². The molecule has 38 heavy (non-hydrogen) atoms. The smallest absolute Gasteiger partial charge is 0.407 e. The first-order valence-corrected chi connectivity index (χ1v) is 13.6. The van der Waals surface area contributed by atoms with Crippen LogP contribution in [0.25, 0.3) is 16.9 Å². The number of thiazole rings is 1. The molecule has 0 spiro atoms. The van der Waals surface area contributed by atoms with E-state index in [0.29, 0.717) is 6.54 Å². The Morgan fingerprint density at radius 2 is 1.97 bits per heavy atom. The molecule has 0 bridgehead atoms. The second-order valence-electron chi connectivity index (χ2n) is 10.4. The molecule has 0 radical (unpaired) electrons. The van der Waals surface area contributed by atoms with Crippen LogP contribution in [0.2, 0.25) is 0 Å². The number of nitrogens with zero attached hydrogens (tertiary/aromatic N) is 6. The first kappa shape index (κ1) is 25.9. The summed E-state index contributed by atoms with van der Waals surface area (Å²) in [5.74, 6) is 1.39. The average Bonchev–Trinajstić information content (AvgIpc) is 3.61. The van der Waals surface area contributed by atoms with Crippen LogP contribution >= 0.6 is 11.3 Å². The number of benzene rings is 1. The first-order chi connectivity index (χ1) is 18.1. The predicted molar refractivity (Wildman–Crippen MR) is 148 cm³/mol. The zero-order chi connectivity index (χ0) is 27.0. The number of alkyl carbamates (subject to hydrolysis) is 1. The molecule has 1 unspecified atom stereocenters. The van der Waals surface area contributed by atoms with Crippen molar-refractivity contribution in [3.63, 3.8) is 0 Å². The molecule has 1 atom stereocenters. The minimum Gasteiger partial charge on any atom is -0.444 e. The van der Waals surface area contributed by atoms with Crippen LogP contribution in [0.4, 0.5) is 26.0 Å². The summed E-state index contributed by atoms with van der Waals surface area (Å²) in [7, 11) is 1.96. The van der Waals surface area contributed by atoms with E-state index in [0.717, 1.165) is 58.8 Å². The van der Waals surface area contributed by atoms with E-state index < -0.39 is 11.7 Å². The number of hydrogen-bond donors (Lipinski definition) is 1. The largest absolute Gasteiger partial charge is 0.444 e. The maximum absolute atomic E-state index is 13.4. The molecule has 1 saturated heterocycles. The highest BCUT2D eigenvalue weighted by atomic mass is 32.1. The monoisotopic (exact) mass is 537 g/mol. The summed E-state index contributed by atoms with van der Waals surface area (Å²) in [6.07, 6.45) is 1.14. The number of rotatable bonds is 6. The van der Waals surface area contributed by atoms with E-state index >= 15 is 0 Å². The predicted octanol–water partition coefficient (Wildman–Crippen LogP) is 5.43. The van der Waals surface area contributed by atoms with Gasteiger partial charge in [-0.15, -0.1) is 16.4 Å². The van der Waals surface area contributed by atoms with Gasteiger partial charge in [0.25, 0.3) is 0 Å². The molecule has 1 aliphatic heterocycles. The van der Waals surface area contributed by atoms with Crippen LogP contribution in [0.1, 0.15) is 39.8 Å². The summed E-state index contributed by atoms with van der Waals surface area (Å²) in [6.45, 7) is 9.04. The third-order valence-electron chi connectivity index (χ3n) is 6.31. The molecule has 1 aliphatic rings. The maximum atomic E-state index is 13.4. The summed E-state index contributed by atoms with van der Waals surface area (Å²) in [4.78, 5) is 26.0. The van der Waals surface area contributed by atoms with Gasteiger partial charge in [0.05, 0.1) is 17.4 Å². The molecule has 1 fully saturated rings. The lowest BCUT2D eigenvalue weighted by Gasteiger charge is -2.22. The van der Waals surface area contributed by atoms with Crippen LogP contribution < -0.4 is 15.1 Å². The van der Waals surface area contributed by atoms with Gasteiger partial charge in [0.15, 0.2) is 16.6 Å². The zero-order valence-corrected chi connectivity index (χ0v) is 23.0. The molecule has 9 nitrogen and oxygen atoms in total. The molecule has 5 rings (SSSR count). The van der Waals surface area contributed by atoms with E-state index in [9.17, 15) is 9.18 Å². The number of ether oxygens (including phenoxy) is 1. The summed E-state index contributed by atoms with van der Waals surface area (Å²) in [5.41, 5.74) is 2.79. The van der Waals surface area contributed by atoms with Crippen LogP contribution in [0.3, 0.4) is 0 Å². The van der Waals surface area contributed by atoms with Crippen molar-refractivity contribution in [2.45, 2.75) is 52.2 Å². The van der Waals surface area contributed by atoms with E-state index in [1.165, 1.54) is 23.5 Å². The first-order valence-electron chi connectivity index (χ1n) is 12.7. The van der Waals surface area contributed by atoms with Gasteiger partial charge in [-0.25, -0.2) is 19.2 Å². The van der Waals surface area contributed by atoms with Crippen molar-refractivity contribution in [3.8, 4) is 11.3 Å². The van der Waals surface area contributed by atoms with Crippen LogP contribution in [0.5, 0.6) is 0 Å². The van der Waals surface area contributed by atoms with Gasteiger partial charge in [0.2, 0.25) is 0 Å². The fraction of sp³-hybridized carbons (Fsp3) is 0.407. The van der Waals surface area contributed by atoms with Crippen LogP contribution in [0.15, 0.2) is 41.8 Å². The number of aromatic nitrogens is 4. The van der Waals surface area contributed by atoms with E-state index in [-0.39, 0.29) is 11.9 Å². The standard InChI is InChI=1S/C27H32FN7O2S/c1-6-20-24(33(5)25-31-21(16-38-25)17-7-9-18(28)10-8-17)35-22(30-20)11-12-23(32-35)34-14-13-19(15-34)29-26(36)37-27(2,3)4/h7-12,16,19H,6,13-15H2,1-5H3,(H,29,36). The third kappa shape index (κ3) is 5.42. The average molecular weight is 538 g/mol. The number of halogens is 1. The molecule has 1 N–H and O–H groups in total. The Labute approximate surface area is 225 Å². The quantitative estimate of drug-likeness (QED) is 0.351. The fourth-order valence-electron chi connectivity index (χ4n) is 4.52. The van der Waals surface area contributed by atoms with Gasteiger partial charge < -0.3 is 19.9 Å².